The molecule has 1 aliphatic heterocycles. The number of nitro groups is 1. The monoisotopic (exact) mass is 440 g/mol. The lowest BCUT2D eigenvalue weighted by atomic mass is 9.95. The number of hydrazone groups is 1. The van der Waals surface area contributed by atoms with Crippen molar-refractivity contribution in [1.82, 2.24) is 10.3 Å². The number of nitrogens with one attached hydrogen (secondary N) is 1. The second kappa shape index (κ2) is 10.4. The Bertz CT molecular complexity index is 1010. The number of nitrogens with zero attached hydrogens (tertiary/aromatic N) is 3. The second-order valence-electron chi connectivity index (χ2n) is 7.22. The number of carbonyl (C=O) groups is 2. The lowest BCUT2D eigenvalue weighted by molar-refractivity contribution is -0.384. The molecule has 0 saturated carbocycles. The molecule has 10 heteroatoms. The molecule has 2 aromatic rings. The van der Waals surface area contributed by atoms with E-state index in [1.54, 1.807) is 35.2 Å². The van der Waals surface area contributed by atoms with Crippen LogP contribution >= 0.6 is 0 Å². The first kappa shape index (κ1) is 22.7. The van der Waals surface area contributed by atoms with Gasteiger partial charge in [0.15, 0.2) is 11.5 Å². The normalized spacial score (nSPS) is 14.2. The summed E-state index contributed by atoms with van der Waals surface area (Å²) in [6.45, 7) is 0.911. The van der Waals surface area contributed by atoms with Gasteiger partial charge in [0.1, 0.15) is 0 Å². The van der Waals surface area contributed by atoms with Crippen LogP contribution in [0, 0.1) is 16.0 Å². The molecule has 0 aliphatic carbocycles. The van der Waals surface area contributed by atoms with Gasteiger partial charge in [-0.2, -0.15) is 5.10 Å². The van der Waals surface area contributed by atoms with E-state index in [1.165, 1.54) is 32.6 Å². The highest BCUT2D eigenvalue weighted by Crippen LogP contribution is 2.29. The van der Waals surface area contributed by atoms with E-state index in [-0.39, 0.29) is 23.4 Å². The number of piperidine rings is 1. The van der Waals surface area contributed by atoms with Gasteiger partial charge in [-0.05, 0) is 48.7 Å². The summed E-state index contributed by atoms with van der Waals surface area (Å²) >= 11 is 0. The van der Waals surface area contributed by atoms with Crippen LogP contribution in [0.3, 0.4) is 0 Å². The molecule has 0 bridgehead atoms. The lowest BCUT2D eigenvalue weighted by Gasteiger charge is -2.31. The van der Waals surface area contributed by atoms with Crippen molar-refractivity contribution < 1.29 is 24.0 Å². The van der Waals surface area contributed by atoms with E-state index in [4.69, 9.17) is 9.47 Å². The van der Waals surface area contributed by atoms with Crippen molar-refractivity contribution >= 4 is 23.7 Å². The molecule has 168 valence electrons. The quantitative estimate of drug-likeness (QED) is 0.401. The number of hydrogen-bond acceptors (Lipinski definition) is 7. The Morgan fingerprint density at radius 2 is 1.75 bits per heavy atom. The van der Waals surface area contributed by atoms with Crippen molar-refractivity contribution in [2.45, 2.75) is 12.8 Å². The van der Waals surface area contributed by atoms with Crippen LogP contribution in [-0.4, -0.2) is 55.2 Å². The van der Waals surface area contributed by atoms with Crippen molar-refractivity contribution in [3.63, 3.8) is 0 Å². The number of ether oxygens (including phenoxy) is 2. The zero-order valence-electron chi connectivity index (χ0n) is 17.8. The molecule has 3 rings (SSSR count). The van der Waals surface area contributed by atoms with Crippen LogP contribution in [0.25, 0.3) is 0 Å². The molecule has 0 radical (unpaired) electrons. The predicted molar refractivity (Wildman–Crippen MR) is 117 cm³/mol. The van der Waals surface area contributed by atoms with Crippen LogP contribution in [0.1, 0.15) is 28.8 Å². The van der Waals surface area contributed by atoms with Crippen LogP contribution in [0.15, 0.2) is 47.6 Å². The molecule has 1 heterocycles. The molecule has 0 aromatic heterocycles. The van der Waals surface area contributed by atoms with Gasteiger partial charge in [-0.15, -0.1) is 0 Å². The van der Waals surface area contributed by atoms with E-state index in [9.17, 15) is 19.7 Å². The third-order valence-electron chi connectivity index (χ3n) is 5.28. The van der Waals surface area contributed by atoms with Crippen LogP contribution in [0.4, 0.5) is 5.69 Å². The van der Waals surface area contributed by atoms with Gasteiger partial charge in [-0.25, -0.2) is 5.43 Å². The molecule has 0 unspecified atom stereocenters. The Balaban J connectivity index is 1.51. The summed E-state index contributed by atoms with van der Waals surface area (Å²) in [5.74, 6) is 0.438. The van der Waals surface area contributed by atoms with Gasteiger partial charge < -0.3 is 14.4 Å². The van der Waals surface area contributed by atoms with Gasteiger partial charge in [-0.3, -0.25) is 19.7 Å². The van der Waals surface area contributed by atoms with Crippen molar-refractivity contribution in [3.8, 4) is 11.5 Å². The van der Waals surface area contributed by atoms with Crippen molar-refractivity contribution in [2.24, 2.45) is 11.0 Å². The molecule has 0 atom stereocenters. The topological polar surface area (TPSA) is 123 Å². The Labute approximate surface area is 185 Å². The van der Waals surface area contributed by atoms with E-state index < -0.39 is 4.92 Å². The molecule has 1 saturated heterocycles. The van der Waals surface area contributed by atoms with E-state index in [1.807, 2.05) is 0 Å². The van der Waals surface area contributed by atoms with Crippen LogP contribution in [0.5, 0.6) is 11.5 Å². The molecule has 2 amide bonds. The zero-order valence-corrected chi connectivity index (χ0v) is 17.8. The van der Waals surface area contributed by atoms with Crippen molar-refractivity contribution in [3.05, 3.63) is 63.7 Å². The fraction of sp³-hybridized carbons (Fsp3) is 0.318. The molecule has 1 aliphatic rings. The summed E-state index contributed by atoms with van der Waals surface area (Å²) in [6.07, 6.45) is 2.48. The molecule has 1 N–H and O–H groups in total. The number of methoxy groups -OCH3 is 2. The zero-order chi connectivity index (χ0) is 23.1. The second-order valence-corrected chi connectivity index (χ2v) is 7.22. The minimum atomic E-state index is -0.481. The Morgan fingerprint density at radius 3 is 2.34 bits per heavy atom. The largest absolute Gasteiger partial charge is 0.493 e. The smallest absolute Gasteiger partial charge is 0.269 e. The van der Waals surface area contributed by atoms with Crippen molar-refractivity contribution in [2.75, 3.05) is 27.3 Å². The molecule has 10 nitrogen and oxygen atoms in total. The van der Waals surface area contributed by atoms with E-state index in [2.05, 4.69) is 10.5 Å². The third-order valence-corrected chi connectivity index (χ3v) is 5.28. The molecule has 0 spiro atoms. The van der Waals surface area contributed by atoms with Gasteiger partial charge >= 0.3 is 0 Å². The first-order valence-corrected chi connectivity index (χ1v) is 10.0. The maximum Gasteiger partial charge on any atom is 0.269 e. The fourth-order valence-corrected chi connectivity index (χ4v) is 3.44. The molecule has 2 aromatic carbocycles. The van der Waals surface area contributed by atoms with Crippen LogP contribution < -0.4 is 14.9 Å². The number of benzene rings is 2. The minimum absolute atomic E-state index is 0.0134. The molecule has 32 heavy (non-hydrogen) atoms. The standard InChI is InChI=1S/C22H24N4O6/c1-31-19-8-5-17(13-20(19)32-2)22(28)25-11-9-16(10-12-25)21(27)24-23-14-15-3-6-18(7-4-15)26(29)30/h3-8,13-14,16H,9-12H2,1-2H3,(H,24,27)/b23-14-. The predicted octanol–water partition coefficient (Wildman–Crippen LogP) is 2.61. The SMILES string of the molecule is COc1ccc(C(=O)N2CCC(C(=O)N/N=C\c3ccc([N+](=O)[O-])cc3)CC2)cc1OC. The molecular formula is C22H24N4O6. The summed E-state index contributed by atoms with van der Waals surface area (Å²) < 4.78 is 10.5. The number of carbonyl (C=O) groups excluding carboxylic acids is 2. The third kappa shape index (κ3) is 5.39. The molecule has 1 fully saturated rings. The number of non-ortho nitro benzene ring substituents is 1. The lowest BCUT2D eigenvalue weighted by Crippen LogP contribution is -2.42. The summed E-state index contributed by atoms with van der Waals surface area (Å²) in [5.41, 5.74) is 3.62. The van der Waals surface area contributed by atoms with Crippen LogP contribution in [-0.2, 0) is 4.79 Å². The van der Waals surface area contributed by atoms with Gasteiger partial charge in [-0.1, -0.05) is 0 Å². The maximum atomic E-state index is 12.8. The highest BCUT2D eigenvalue weighted by atomic mass is 16.6. The van der Waals surface area contributed by atoms with Gasteiger partial charge in [0.2, 0.25) is 5.91 Å². The Hall–Kier alpha value is -3.95. The first-order chi connectivity index (χ1) is 15.4. The summed E-state index contributed by atoms with van der Waals surface area (Å²) in [4.78, 5) is 37.1. The highest BCUT2D eigenvalue weighted by Gasteiger charge is 2.28. The van der Waals surface area contributed by atoms with E-state index >= 15 is 0 Å². The Morgan fingerprint density at radius 1 is 1.09 bits per heavy atom. The number of hydrogen-bond donors (Lipinski definition) is 1. The summed E-state index contributed by atoms with van der Waals surface area (Å²) in [6, 6.07) is 10.9. The summed E-state index contributed by atoms with van der Waals surface area (Å²) in [7, 11) is 3.05. The van der Waals surface area contributed by atoms with E-state index in [0.717, 1.165) is 0 Å². The number of rotatable bonds is 7. The highest BCUT2D eigenvalue weighted by molar-refractivity contribution is 5.95. The van der Waals surface area contributed by atoms with Crippen LogP contribution in [0.2, 0.25) is 0 Å². The number of amides is 2. The minimum Gasteiger partial charge on any atom is -0.493 e. The van der Waals surface area contributed by atoms with Gasteiger partial charge in [0.05, 0.1) is 25.4 Å². The number of nitro benzene ring substituents is 1. The van der Waals surface area contributed by atoms with Gasteiger partial charge in [0.25, 0.3) is 11.6 Å². The average Bonchev–Trinajstić information content (AvgIpc) is 2.83. The fourth-order valence-electron chi connectivity index (χ4n) is 3.44. The Kier molecular flexibility index (Phi) is 7.37. The first-order valence-electron chi connectivity index (χ1n) is 10.0. The van der Waals surface area contributed by atoms with Gasteiger partial charge in [0, 0.05) is 36.7 Å². The summed E-state index contributed by atoms with van der Waals surface area (Å²) in [5, 5.41) is 14.6. The maximum absolute atomic E-state index is 12.8. The average molecular weight is 440 g/mol. The van der Waals surface area contributed by atoms with Crippen molar-refractivity contribution in [1.29, 1.82) is 0 Å². The molecular weight excluding hydrogens is 416 g/mol. The van der Waals surface area contributed by atoms with E-state index in [0.29, 0.717) is 48.6 Å². The number of likely N-dealkylation sites (tertiary alicyclic amines) is 1.